The maximum Gasteiger partial charge on any atom is 0.111 e. The lowest BCUT2D eigenvalue weighted by atomic mass is 10.1. The first-order valence-electron chi connectivity index (χ1n) is 6.36. The van der Waals surface area contributed by atoms with Crippen molar-refractivity contribution in [2.45, 2.75) is 6.42 Å². The number of H-pyrrole nitrogens is 1. The molecule has 5 heteroatoms. The summed E-state index contributed by atoms with van der Waals surface area (Å²) in [5.41, 5.74) is 2.99. The summed E-state index contributed by atoms with van der Waals surface area (Å²) in [6.45, 7) is 0. The van der Waals surface area contributed by atoms with Crippen LogP contribution in [0.3, 0.4) is 0 Å². The maximum atomic E-state index is 6.04. The van der Waals surface area contributed by atoms with Crippen molar-refractivity contribution in [1.82, 2.24) is 9.97 Å². The first kappa shape index (κ1) is 14.6. The second-order valence-corrected chi connectivity index (χ2v) is 6.30. The Kier molecular flexibility index (Phi) is 4.34. The predicted octanol–water partition coefficient (Wildman–Crippen LogP) is 5.74. The van der Waals surface area contributed by atoms with Crippen LogP contribution in [-0.4, -0.2) is 9.97 Å². The highest BCUT2D eigenvalue weighted by molar-refractivity contribution is 9.10. The quantitative estimate of drug-likeness (QED) is 0.615. The van der Waals surface area contributed by atoms with Crippen LogP contribution in [0.1, 0.15) is 11.4 Å². The zero-order valence-electron chi connectivity index (χ0n) is 10.9. The summed E-state index contributed by atoms with van der Waals surface area (Å²) in [6.07, 6.45) is 2.62. The van der Waals surface area contributed by atoms with Gasteiger partial charge in [-0.2, -0.15) is 0 Å². The topological polar surface area (TPSA) is 28.7 Å². The average Bonchev–Trinajstić information content (AvgIpc) is 2.93. The lowest BCUT2D eigenvalue weighted by Gasteiger charge is -2.01. The molecule has 1 heterocycles. The molecule has 0 aliphatic rings. The lowest BCUT2D eigenvalue weighted by Crippen LogP contribution is -1.91. The highest BCUT2D eigenvalue weighted by Gasteiger charge is 2.08. The number of nitrogens with one attached hydrogen (secondary N) is 1. The van der Waals surface area contributed by atoms with Crippen molar-refractivity contribution < 1.29 is 0 Å². The lowest BCUT2D eigenvalue weighted by molar-refractivity contribution is 1.02. The van der Waals surface area contributed by atoms with Gasteiger partial charge in [0.15, 0.2) is 0 Å². The molecule has 1 aromatic heterocycles. The van der Waals surface area contributed by atoms with E-state index >= 15 is 0 Å². The number of halogens is 3. The summed E-state index contributed by atoms with van der Waals surface area (Å²) in [5, 5.41) is 1.08. The van der Waals surface area contributed by atoms with E-state index in [0.717, 1.165) is 28.0 Å². The van der Waals surface area contributed by atoms with Gasteiger partial charge >= 0.3 is 0 Å². The van der Waals surface area contributed by atoms with Crippen molar-refractivity contribution >= 4 is 39.1 Å². The molecule has 2 nitrogen and oxygen atoms in total. The van der Waals surface area contributed by atoms with E-state index < -0.39 is 0 Å². The summed E-state index contributed by atoms with van der Waals surface area (Å²) >= 11 is 15.5. The van der Waals surface area contributed by atoms with Gasteiger partial charge in [-0.15, -0.1) is 0 Å². The molecular formula is C16H11BrCl2N2. The highest BCUT2D eigenvalue weighted by atomic mass is 79.9. The Morgan fingerprint density at radius 3 is 2.62 bits per heavy atom. The second kappa shape index (κ2) is 6.22. The monoisotopic (exact) mass is 380 g/mol. The predicted molar refractivity (Wildman–Crippen MR) is 91.0 cm³/mol. The number of nitrogens with zero attached hydrogens (tertiary/aromatic N) is 1. The van der Waals surface area contributed by atoms with Gasteiger partial charge in [0.2, 0.25) is 0 Å². The zero-order valence-corrected chi connectivity index (χ0v) is 14.0. The Labute approximate surface area is 141 Å². The number of hydrogen-bond acceptors (Lipinski definition) is 1. The van der Waals surface area contributed by atoms with Crippen LogP contribution in [-0.2, 0) is 6.42 Å². The van der Waals surface area contributed by atoms with Crippen molar-refractivity contribution in [3.05, 3.63) is 74.6 Å². The standard InChI is InChI=1S/C16H11BrCl2N2/c17-12-4-2-1-3-10(12)8-16-20-9-15(21-16)11-5-6-13(18)14(19)7-11/h1-7,9H,8H2,(H,20,21). The van der Waals surface area contributed by atoms with Crippen LogP contribution in [0, 0.1) is 0 Å². The molecular weight excluding hydrogens is 371 g/mol. The molecule has 0 unspecified atom stereocenters. The van der Waals surface area contributed by atoms with E-state index in [4.69, 9.17) is 23.2 Å². The van der Waals surface area contributed by atoms with Crippen LogP contribution in [0.5, 0.6) is 0 Å². The summed E-state index contributed by atoms with van der Waals surface area (Å²) in [4.78, 5) is 7.82. The Morgan fingerprint density at radius 2 is 1.86 bits per heavy atom. The minimum Gasteiger partial charge on any atom is -0.348 e. The van der Waals surface area contributed by atoms with E-state index in [9.17, 15) is 0 Å². The molecule has 2 aromatic carbocycles. The molecule has 0 aliphatic carbocycles. The van der Waals surface area contributed by atoms with Crippen molar-refractivity contribution in [3.63, 3.8) is 0 Å². The van der Waals surface area contributed by atoms with Gasteiger partial charge in [0, 0.05) is 22.7 Å². The highest BCUT2D eigenvalue weighted by Crippen LogP contribution is 2.28. The minimum atomic E-state index is 0.532. The number of rotatable bonds is 3. The van der Waals surface area contributed by atoms with Gasteiger partial charge < -0.3 is 4.98 Å². The Morgan fingerprint density at radius 1 is 1.05 bits per heavy atom. The van der Waals surface area contributed by atoms with Gasteiger partial charge in [0.25, 0.3) is 0 Å². The normalized spacial score (nSPS) is 10.8. The van der Waals surface area contributed by atoms with E-state index in [0.29, 0.717) is 10.0 Å². The molecule has 3 rings (SSSR count). The summed E-state index contributed by atoms with van der Waals surface area (Å²) in [5.74, 6) is 0.906. The van der Waals surface area contributed by atoms with Gasteiger partial charge in [0.05, 0.1) is 15.7 Å². The van der Waals surface area contributed by atoms with E-state index in [-0.39, 0.29) is 0 Å². The first-order chi connectivity index (χ1) is 10.1. The van der Waals surface area contributed by atoms with Crippen molar-refractivity contribution in [2.24, 2.45) is 0 Å². The molecule has 0 saturated heterocycles. The molecule has 0 aliphatic heterocycles. The van der Waals surface area contributed by atoms with E-state index in [2.05, 4.69) is 32.0 Å². The molecule has 21 heavy (non-hydrogen) atoms. The second-order valence-electron chi connectivity index (χ2n) is 4.63. The summed E-state index contributed by atoms with van der Waals surface area (Å²) in [7, 11) is 0. The fourth-order valence-corrected chi connectivity index (χ4v) is 2.80. The Bertz CT molecular complexity index is 783. The Balaban J connectivity index is 1.86. The average molecular weight is 382 g/mol. The smallest absolute Gasteiger partial charge is 0.111 e. The van der Waals surface area contributed by atoms with Crippen LogP contribution in [0.25, 0.3) is 11.3 Å². The maximum absolute atomic E-state index is 6.04. The molecule has 0 amide bonds. The SMILES string of the molecule is Clc1ccc(-c2c[nH]c(Cc3ccccc3Br)n2)cc1Cl. The minimum absolute atomic E-state index is 0.532. The first-order valence-corrected chi connectivity index (χ1v) is 7.91. The van der Waals surface area contributed by atoms with Crippen LogP contribution in [0.15, 0.2) is 53.1 Å². The molecule has 0 atom stereocenters. The van der Waals surface area contributed by atoms with Crippen LogP contribution in [0.4, 0.5) is 0 Å². The number of aromatic amines is 1. The van der Waals surface area contributed by atoms with Crippen LogP contribution >= 0.6 is 39.1 Å². The van der Waals surface area contributed by atoms with E-state index in [1.54, 1.807) is 6.07 Å². The van der Waals surface area contributed by atoms with Crippen molar-refractivity contribution in [3.8, 4) is 11.3 Å². The fraction of sp³-hybridized carbons (Fsp3) is 0.0625. The third-order valence-corrected chi connectivity index (χ3v) is 4.67. The molecule has 106 valence electrons. The Hall–Kier alpha value is -1.29. The molecule has 3 aromatic rings. The molecule has 0 fully saturated rings. The third kappa shape index (κ3) is 3.31. The number of imidazole rings is 1. The molecule has 0 saturated carbocycles. The van der Waals surface area contributed by atoms with Crippen LogP contribution in [0.2, 0.25) is 10.0 Å². The number of aromatic nitrogens is 2. The van der Waals surface area contributed by atoms with Gasteiger partial charge in [-0.25, -0.2) is 4.98 Å². The fourth-order valence-electron chi connectivity index (χ4n) is 2.08. The molecule has 1 N–H and O–H groups in total. The van der Waals surface area contributed by atoms with Gasteiger partial charge in [-0.3, -0.25) is 0 Å². The van der Waals surface area contributed by atoms with Gasteiger partial charge in [-0.05, 0) is 23.8 Å². The van der Waals surface area contributed by atoms with Crippen LogP contribution < -0.4 is 0 Å². The van der Waals surface area contributed by atoms with Gasteiger partial charge in [-0.1, -0.05) is 63.4 Å². The van der Waals surface area contributed by atoms with Gasteiger partial charge in [0.1, 0.15) is 5.82 Å². The molecule has 0 spiro atoms. The number of benzene rings is 2. The number of hydrogen-bond donors (Lipinski definition) is 1. The molecule has 0 radical (unpaired) electrons. The third-order valence-electron chi connectivity index (χ3n) is 3.16. The molecule has 0 bridgehead atoms. The van der Waals surface area contributed by atoms with Crippen molar-refractivity contribution in [1.29, 1.82) is 0 Å². The summed E-state index contributed by atoms with van der Waals surface area (Å²) in [6, 6.07) is 13.6. The zero-order chi connectivity index (χ0) is 14.8. The van der Waals surface area contributed by atoms with E-state index in [1.165, 1.54) is 5.56 Å². The van der Waals surface area contributed by atoms with E-state index in [1.807, 2.05) is 36.5 Å². The summed E-state index contributed by atoms with van der Waals surface area (Å²) < 4.78 is 1.08. The largest absolute Gasteiger partial charge is 0.348 e. The van der Waals surface area contributed by atoms with Crippen molar-refractivity contribution in [2.75, 3.05) is 0 Å².